The zero-order chi connectivity index (χ0) is 23.6. The lowest BCUT2D eigenvalue weighted by molar-refractivity contribution is -0.139. The number of aryl methyl sites for hydroxylation is 1. The van der Waals surface area contributed by atoms with Crippen molar-refractivity contribution in [1.29, 1.82) is 0 Å². The molecule has 1 aliphatic heterocycles. The van der Waals surface area contributed by atoms with Gasteiger partial charge in [-0.3, -0.25) is 9.59 Å². The van der Waals surface area contributed by atoms with Crippen LogP contribution in [-0.2, 0) is 9.59 Å². The summed E-state index contributed by atoms with van der Waals surface area (Å²) in [6.45, 7) is 8.51. The molecule has 0 spiro atoms. The number of carbonyl (C=O) groups excluding carboxylic acids is 2. The van der Waals surface area contributed by atoms with Gasteiger partial charge in [0.1, 0.15) is 11.5 Å². The Bertz CT molecular complexity index is 1060. The van der Waals surface area contributed by atoms with Gasteiger partial charge in [0, 0.05) is 6.54 Å². The molecule has 1 atom stereocenters. The van der Waals surface area contributed by atoms with Gasteiger partial charge >= 0.3 is 0 Å². The monoisotopic (exact) mass is 455 g/mol. The number of likely N-dealkylation sites (tertiary alicyclic amines) is 1. The van der Waals surface area contributed by atoms with Gasteiger partial charge in [0.05, 0.1) is 29.3 Å². The Labute approximate surface area is 194 Å². The number of benzene rings is 2. The molecule has 2 aromatic rings. The third kappa shape index (κ3) is 4.40. The molecule has 32 heavy (non-hydrogen) atoms. The molecule has 0 saturated carbocycles. The zero-order valence-electron chi connectivity index (χ0n) is 19.2. The van der Waals surface area contributed by atoms with Crippen molar-refractivity contribution in [2.45, 2.75) is 52.5 Å². The summed E-state index contributed by atoms with van der Waals surface area (Å²) in [5, 5.41) is 11.7. The zero-order valence-corrected chi connectivity index (χ0v) is 20.0. The van der Waals surface area contributed by atoms with E-state index in [0.717, 1.165) is 29.5 Å². The summed E-state index contributed by atoms with van der Waals surface area (Å²) in [6.07, 6.45) is 1.64. The van der Waals surface area contributed by atoms with E-state index in [1.54, 1.807) is 17.0 Å². The molecule has 1 fully saturated rings. The number of carbonyl (C=O) groups is 2. The minimum absolute atomic E-state index is 0.0587. The minimum atomic E-state index is -0.698. The van der Waals surface area contributed by atoms with Crippen LogP contribution in [0.4, 0.5) is 0 Å². The van der Waals surface area contributed by atoms with Crippen LogP contribution >= 0.6 is 11.6 Å². The van der Waals surface area contributed by atoms with Gasteiger partial charge in [0.15, 0.2) is 0 Å². The first kappa shape index (κ1) is 23.9. The Morgan fingerprint density at radius 1 is 1.19 bits per heavy atom. The molecule has 3 rings (SSSR count). The molecule has 0 radical (unpaired) electrons. The minimum Gasteiger partial charge on any atom is -0.507 e. The van der Waals surface area contributed by atoms with E-state index in [-0.39, 0.29) is 17.1 Å². The predicted molar refractivity (Wildman–Crippen MR) is 127 cm³/mol. The van der Waals surface area contributed by atoms with Crippen LogP contribution in [0.25, 0.3) is 5.76 Å². The number of hydrogen-bond acceptors (Lipinski definition) is 4. The van der Waals surface area contributed by atoms with Crippen molar-refractivity contribution in [3.8, 4) is 5.75 Å². The first-order valence-electron chi connectivity index (χ1n) is 10.9. The second-order valence-corrected chi connectivity index (χ2v) is 8.90. The van der Waals surface area contributed by atoms with Gasteiger partial charge in [-0.2, -0.15) is 0 Å². The highest BCUT2D eigenvalue weighted by Crippen LogP contribution is 2.43. The number of aliphatic hydroxyl groups excluding tert-OH is 1. The van der Waals surface area contributed by atoms with Gasteiger partial charge in [-0.05, 0) is 48.1 Å². The van der Waals surface area contributed by atoms with Crippen molar-refractivity contribution >= 4 is 29.1 Å². The summed E-state index contributed by atoms with van der Waals surface area (Å²) in [5.74, 6) is -0.952. The van der Waals surface area contributed by atoms with Crippen LogP contribution in [0, 0.1) is 6.92 Å². The smallest absolute Gasteiger partial charge is 0.295 e. The molecular formula is C26H30ClNO4. The quantitative estimate of drug-likeness (QED) is 0.315. The van der Waals surface area contributed by atoms with Crippen molar-refractivity contribution in [2.75, 3.05) is 13.7 Å². The van der Waals surface area contributed by atoms with E-state index in [2.05, 4.69) is 13.8 Å². The Morgan fingerprint density at radius 2 is 1.84 bits per heavy atom. The van der Waals surface area contributed by atoms with Crippen LogP contribution in [0.1, 0.15) is 67.8 Å². The van der Waals surface area contributed by atoms with Crippen LogP contribution in [0.5, 0.6) is 5.75 Å². The molecule has 1 saturated heterocycles. The van der Waals surface area contributed by atoms with E-state index in [0.29, 0.717) is 23.0 Å². The normalized spacial score (nSPS) is 18.0. The summed E-state index contributed by atoms with van der Waals surface area (Å²) >= 11 is 6.33. The van der Waals surface area contributed by atoms with Gasteiger partial charge in [0.2, 0.25) is 0 Å². The summed E-state index contributed by atoms with van der Waals surface area (Å²) in [7, 11) is 1.45. The first-order chi connectivity index (χ1) is 15.2. The molecule has 1 heterocycles. The fraction of sp³-hybridized carbons (Fsp3) is 0.385. The molecule has 2 aromatic carbocycles. The summed E-state index contributed by atoms with van der Waals surface area (Å²) in [4.78, 5) is 27.7. The number of ketones is 1. The van der Waals surface area contributed by atoms with Crippen LogP contribution in [0.15, 0.2) is 42.0 Å². The number of aliphatic hydroxyl groups is 1. The van der Waals surface area contributed by atoms with Crippen LogP contribution in [-0.4, -0.2) is 35.4 Å². The molecule has 1 aliphatic rings. The van der Waals surface area contributed by atoms with Crippen LogP contribution in [0.3, 0.4) is 0 Å². The van der Waals surface area contributed by atoms with E-state index < -0.39 is 17.7 Å². The second-order valence-electron chi connectivity index (χ2n) is 8.49. The predicted octanol–water partition coefficient (Wildman–Crippen LogP) is 6.00. The number of ether oxygens (including phenoxy) is 1. The molecule has 1 unspecified atom stereocenters. The third-order valence-corrected chi connectivity index (χ3v) is 6.14. The highest BCUT2D eigenvalue weighted by Gasteiger charge is 2.46. The number of rotatable bonds is 7. The van der Waals surface area contributed by atoms with Crippen molar-refractivity contribution in [1.82, 2.24) is 4.90 Å². The lowest BCUT2D eigenvalue weighted by Crippen LogP contribution is -2.30. The fourth-order valence-electron chi connectivity index (χ4n) is 4.11. The van der Waals surface area contributed by atoms with E-state index in [9.17, 15) is 14.7 Å². The summed E-state index contributed by atoms with van der Waals surface area (Å²) < 4.78 is 5.41. The van der Waals surface area contributed by atoms with Crippen LogP contribution < -0.4 is 4.74 Å². The maximum Gasteiger partial charge on any atom is 0.295 e. The molecule has 170 valence electrons. The molecule has 0 aromatic heterocycles. The molecule has 5 nitrogen and oxygen atoms in total. The topological polar surface area (TPSA) is 66.8 Å². The second kappa shape index (κ2) is 9.78. The molecule has 0 bridgehead atoms. The van der Waals surface area contributed by atoms with Crippen molar-refractivity contribution in [3.05, 3.63) is 69.2 Å². The number of hydrogen-bond donors (Lipinski definition) is 1. The lowest BCUT2D eigenvalue weighted by atomic mass is 9.92. The largest absolute Gasteiger partial charge is 0.507 e. The van der Waals surface area contributed by atoms with E-state index in [1.165, 1.54) is 7.11 Å². The molecular weight excluding hydrogens is 426 g/mol. The fourth-order valence-corrected chi connectivity index (χ4v) is 4.46. The average Bonchev–Trinajstić information content (AvgIpc) is 3.01. The summed E-state index contributed by atoms with van der Waals surface area (Å²) in [6, 6.07) is 10.6. The molecule has 1 amide bonds. The van der Waals surface area contributed by atoms with Gasteiger partial charge in [-0.25, -0.2) is 0 Å². The van der Waals surface area contributed by atoms with Gasteiger partial charge < -0.3 is 14.7 Å². The number of amides is 1. The highest BCUT2D eigenvalue weighted by molar-refractivity contribution is 6.46. The number of unbranched alkanes of at least 4 members (excludes halogenated alkanes) is 1. The number of nitrogens with zero attached hydrogens (tertiary/aromatic N) is 1. The van der Waals surface area contributed by atoms with Crippen molar-refractivity contribution in [3.63, 3.8) is 0 Å². The standard InChI is InChI=1S/C26H30ClNO4/c1-6-7-12-28-22(18-10-8-17(9-11-18)15(2)3)21(24(30)26(28)31)23(29)19-13-16(4)14-20(27)25(19)32-5/h8-11,13-15,22,29H,6-7,12H2,1-5H3/b23-21+. The van der Waals surface area contributed by atoms with Crippen molar-refractivity contribution < 1.29 is 19.4 Å². The summed E-state index contributed by atoms with van der Waals surface area (Å²) in [5.41, 5.74) is 3.10. The Morgan fingerprint density at radius 3 is 2.41 bits per heavy atom. The van der Waals surface area contributed by atoms with E-state index in [1.807, 2.05) is 38.1 Å². The van der Waals surface area contributed by atoms with Gasteiger partial charge in [0.25, 0.3) is 11.7 Å². The van der Waals surface area contributed by atoms with E-state index >= 15 is 0 Å². The maximum absolute atomic E-state index is 13.1. The molecule has 0 aliphatic carbocycles. The number of Topliss-reactive ketones (excluding diaryl/α,β-unsaturated/α-hetero) is 1. The van der Waals surface area contributed by atoms with Crippen LogP contribution in [0.2, 0.25) is 5.02 Å². The Kier molecular flexibility index (Phi) is 7.29. The number of halogens is 1. The Hall–Kier alpha value is -2.79. The molecule has 1 N–H and O–H groups in total. The molecule has 6 heteroatoms. The number of methoxy groups -OCH3 is 1. The van der Waals surface area contributed by atoms with Gasteiger partial charge in [-0.15, -0.1) is 0 Å². The van der Waals surface area contributed by atoms with Gasteiger partial charge in [-0.1, -0.05) is 63.1 Å². The first-order valence-corrected chi connectivity index (χ1v) is 11.3. The van der Waals surface area contributed by atoms with E-state index in [4.69, 9.17) is 16.3 Å². The average molecular weight is 456 g/mol. The highest BCUT2D eigenvalue weighted by atomic mass is 35.5. The Balaban J connectivity index is 2.23. The maximum atomic E-state index is 13.1. The lowest BCUT2D eigenvalue weighted by Gasteiger charge is -2.25. The third-order valence-electron chi connectivity index (χ3n) is 5.86. The SMILES string of the molecule is CCCCN1C(=O)C(=O)/C(=C(/O)c2cc(C)cc(Cl)c2OC)C1c1ccc(C(C)C)cc1. The van der Waals surface area contributed by atoms with Crippen molar-refractivity contribution in [2.24, 2.45) is 0 Å².